The number of carbonyl (C=O) groups excluding carboxylic acids is 1. The van der Waals surface area contributed by atoms with Crippen molar-refractivity contribution < 1.29 is 71.5 Å². The van der Waals surface area contributed by atoms with Gasteiger partial charge in [0, 0.05) is 51.0 Å². The quantitative estimate of drug-likeness (QED) is 0.244. The van der Waals surface area contributed by atoms with Crippen LogP contribution in [0.25, 0.3) is 0 Å². The predicted octanol–water partition coefficient (Wildman–Crippen LogP) is 6.42. The molecule has 10 fully saturated rings. The smallest absolute Gasteiger partial charge is 0.331 e. The minimum absolute atomic E-state index is 0.00613. The second kappa shape index (κ2) is 17.1. The molecule has 0 aromatic heterocycles. The third kappa shape index (κ3) is 8.21. The van der Waals surface area contributed by atoms with Gasteiger partial charge in [-0.3, -0.25) is 0 Å². The minimum Gasteiger partial charge on any atom is -0.456 e. The van der Waals surface area contributed by atoms with Crippen molar-refractivity contribution in [1.82, 2.24) is 0 Å². The van der Waals surface area contributed by atoms with E-state index in [4.69, 9.17) is 61.6 Å². The van der Waals surface area contributed by atoms with Crippen molar-refractivity contribution in [3.05, 3.63) is 36.0 Å². The van der Waals surface area contributed by atoms with Gasteiger partial charge in [-0.2, -0.15) is 0 Å². The predicted molar refractivity (Wildman–Crippen MR) is 247 cm³/mol. The van der Waals surface area contributed by atoms with E-state index in [1.54, 1.807) is 6.08 Å². The zero-order valence-corrected chi connectivity index (χ0v) is 42.2. The first kappa shape index (κ1) is 48.1. The Morgan fingerprint density at radius 3 is 2.20 bits per heavy atom. The Kier molecular flexibility index (Phi) is 11.9. The van der Waals surface area contributed by atoms with Crippen LogP contribution in [0.15, 0.2) is 36.0 Å². The Morgan fingerprint density at radius 1 is 0.667 bits per heavy atom. The molecule has 0 aromatic rings. The fraction of sp³-hybridized carbons (Fsp3) is 0.870. The second-order valence-corrected chi connectivity index (χ2v) is 24.6. The number of hydrogen-bond donors (Lipinski definition) is 1. The van der Waals surface area contributed by atoms with Gasteiger partial charge < -0.3 is 66.7 Å². The summed E-state index contributed by atoms with van der Waals surface area (Å²) in [6.45, 7) is 23.2. The van der Waals surface area contributed by atoms with Crippen LogP contribution in [0.2, 0.25) is 0 Å². The van der Waals surface area contributed by atoms with Crippen molar-refractivity contribution in [2.45, 2.75) is 290 Å². The lowest BCUT2D eigenvalue weighted by Crippen LogP contribution is -2.70. The first-order chi connectivity index (χ1) is 32.7. The van der Waals surface area contributed by atoms with Crippen molar-refractivity contribution in [2.75, 3.05) is 0 Å². The van der Waals surface area contributed by atoms with Gasteiger partial charge >= 0.3 is 5.97 Å². The highest BCUT2D eigenvalue weighted by molar-refractivity contribution is 5.84. The molecule has 0 aliphatic carbocycles. The molecule has 12 rings (SSSR count). The zero-order chi connectivity index (χ0) is 48.2. The summed E-state index contributed by atoms with van der Waals surface area (Å²) < 4.78 is 88.3. The van der Waals surface area contributed by atoms with Gasteiger partial charge in [0.2, 0.25) is 0 Å². The molecule has 1 N–H and O–H groups in total. The van der Waals surface area contributed by atoms with Crippen LogP contribution in [0.1, 0.15) is 139 Å². The molecule has 69 heavy (non-hydrogen) atoms. The van der Waals surface area contributed by atoms with Gasteiger partial charge in [0.05, 0.1) is 120 Å². The highest BCUT2D eigenvalue weighted by atomic mass is 16.7. The number of fused-ring (bicyclic) bond motifs is 10. The Bertz CT molecular complexity index is 2070. The largest absolute Gasteiger partial charge is 0.456 e. The maximum atomic E-state index is 12.3. The maximum absolute atomic E-state index is 12.3. The molecular weight excluding hydrogens is 889 g/mol. The molecule has 0 aromatic carbocycles. The van der Waals surface area contributed by atoms with Gasteiger partial charge in [-0.25, -0.2) is 4.79 Å². The molecule has 15 nitrogen and oxygen atoms in total. The molecule has 12 aliphatic rings. The summed E-state index contributed by atoms with van der Waals surface area (Å²) in [7, 11) is 0. The fourth-order valence-corrected chi connectivity index (χ4v) is 14.9. The summed E-state index contributed by atoms with van der Waals surface area (Å²) in [5, 5.41) is 11.7. The summed E-state index contributed by atoms with van der Waals surface area (Å²) in [6.07, 6.45) is 8.89. The third-order valence-electron chi connectivity index (χ3n) is 19.3. The average molecular weight is 967 g/mol. The fourth-order valence-electron chi connectivity index (χ4n) is 14.9. The van der Waals surface area contributed by atoms with E-state index in [0.717, 1.165) is 30.4 Å². The Labute approximate surface area is 407 Å². The molecule has 0 bridgehead atoms. The maximum Gasteiger partial charge on any atom is 0.331 e. The van der Waals surface area contributed by atoms with Crippen LogP contribution in [0.4, 0.5) is 0 Å². The van der Waals surface area contributed by atoms with Crippen LogP contribution in [-0.2, 0) is 66.4 Å². The van der Waals surface area contributed by atoms with E-state index in [1.165, 1.54) is 0 Å². The van der Waals surface area contributed by atoms with Gasteiger partial charge in [0.15, 0.2) is 6.29 Å². The van der Waals surface area contributed by atoms with E-state index < -0.39 is 40.4 Å². The molecule has 0 saturated carbocycles. The number of hydrogen-bond acceptors (Lipinski definition) is 15. The molecule has 15 heteroatoms. The van der Waals surface area contributed by atoms with E-state index >= 15 is 0 Å². The van der Waals surface area contributed by atoms with Crippen molar-refractivity contribution in [2.24, 2.45) is 5.92 Å². The number of ether oxygens (including phenoxy) is 13. The number of aliphatic hydroxyl groups is 1. The molecule has 12 aliphatic heterocycles. The van der Waals surface area contributed by atoms with Crippen molar-refractivity contribution >= 4 is 5.97 Å². The summed E-state index contributed by atoms with van der Waals surface area (Å²) in [6, 6.07) is 0. The lowest BCUT2D eigenvalue weighted by atomic mass is 9.72. The molecule has 10 saturated heterocycles. The Morgan fingerprint density at radius 2 is 1.41 bits per heavy atom. The van der Waals surface area contributed by atoms with Crippen LogP contribution < -0.4 is 0 Å². The standard InChI is InChI=1S/C54H78O15/c1-26-17-34-39(24-52(8)41(62-34)22-38-48(68-52)27(2)18-46(56)64-38)61-33-13-15-51(7)42(65-47(26)33)23-43-53(9,69-51)25-45-50(6,67-43)14-11-12-32-35(63-45)20-37-36(60-32)21-44-54(10,66-37)40(55)19-31(59-44)16-28(3)49-57-29(4)30(5)58-49/h11-12,18,26,29-45,47-49,55H,3,13-17,19-25H2,1-2,4-10H3/b12-11-/t26-,29-,30-,31-,32-,33+,34+,35+,36+,37-,38+,39-,40+,41-,42+,43-,44-,45-,47-,48-,50+,51-,52+,53+,54+/m1/s1. The molecule has 384 valence electrons. The third-order valence-corrected chi connectivity index (χ3v) is 19.3. The van der Waals surface area contributed by atoms with Crippen LogP contribution in [0.3, 0.4) is 0 Å². The Hall–Kier alpha value is -1.83. The topological polar surface area (TPSA) is 157 Å². The van der Waals surface area contributed by atoms with Crippen molar-refractivity contribution in [1.29, 1.82) is 0 Å². The molecule has 12 heterocycles. The van der Waals surface area contributed by atoms with E-state index in [1.807, 2.05) is 27.7 Å². The normalized spacial score (nSPS) is 57.4. The van der Waals surface area contributed by atoms with Gasteiger partial charge in [-0.05, 0) is 105 Å². The lowest BCUT2D eigenvalue weighted by molar-refractivity contribution is -0.356. The molecule has 0 unspecified atom stereocenters. The Balaban J connectivity index is 0.711. The second-order valence-electron chi connectivity index (χ2n) is 24.6. The van der Waals surface area contributed by atoms with Gasteiger partial charge in [0.25, 0.3) is 0 Å². The van der Waals surface area contributed by atoms with Crippen LogP contribution in [0, 0.1) is 5.92 Å². The van der Waals surface area contributed by atoms with E-state index in [-0.39, 0.29) is 122 Å². The molecule has 25 atom stereocenters. The van der Waals surface area contributed by atoms with Crippen molar-refractivity contribution in [3.63, 3.8) is 0 Å². The number of rotatable bonds is 3. The average Bonchev–Trinajstić information content (AvgIpc) is 3.47. The summed E-state index contributed by atoms with van der Waals surface area (Å²) in [5.41, 5.74) is -1.57. The monoisotopic (exact) mass is 967 g/mol. The minimum atomic E-state index is -0.895. The number of aliphatic hydroxyl groups excluding tert-OH is 1. The van der Waals surface area contributed by atoms with Gasteiger partial charge in [0.1, 0.15) is 23.9 Å². The number of carbonyl (C=O) groups is 1. The van der Waals surface area contributed by atoms with Crippen LogP contribution >= 0.6 is 0 Å². The summed E-state index contributed by atoms with van der Waals surface area (Å²) >= 11 is 0. The van der Waals surface area contributed by atoms with Crippen LogP contribution in [0.5, 0.6) is 0 Å². The summed E-state index contributed by atoms with van der Waals surface area (Å²) in [4.78, 5) is 12.3. The molecule has 0 radical (unpaired) electrons. The SMILES string of the molecule is C=C(C[C@@H]1C[C@H](O)[C@]2(C)O[C@@H]3C[C@@H]4O[C@@H]5C[C@]6(C)O[C@]7(C)CC[C@@H]8O[C@@H]9C[C@]%10(C)O[C@@H]%11C(C)=CC(=O)O[C@H]%11C[C@H]%10O[C@H]9C[C@@H](C)[C@H]8O[C@H]7C[C@H]6O[C@@]5(C)C/C=C\[C@H]4O[C@H]3C[C@H]2O1)C1O[C@H](C)[C@@H](C)O1. The summed E-state index contributed by atoms with van der Waals surface area (Å²) in [5.74, 6) is -0.141. The molecule has 0 amide bonds. The lowest BCUT2D eigenvalue weighted by Gasteiger charge is -2.60. The van der Waals surface area contributed by atoms with Crippen molar-refractivity contribution in [3.8, 4) is 0 Å². The first-order valence-electron chi connectivity index (χ1n) is 26.6. The van der Waals surface area contributed by atoms with E-state index in [9.17, 15) is 9.90 Å². The van der Waals surface area contributed by atoms with Gasteiger partial charge in [-0.15, -0.1) is 0 Å². The van der Waals surface area contributed by atoms with E-state index in [2.05, 4.69) is 53.3 Å². The molecular formula is C54H78O15. The van der Waals surface area contributed by atoms with Gasteiger partial charge in [-0.1, -0.05) is 25.7 Å². The highest BCUT2D eigenvalue weighted by Gasteiger charge is 2.64. The van der Waals surface area contributed by atoms with Crippen LogP contribution in [-0.4, -0.2) is 161 Å². The highest BCUT2D eigenvalue weighted by Crippen LogP contribution is 2.55. The molecule has 0 spiro atoms. The zero-order valence-electron chi connectivity index (χ0n) is 42.2. The first-order valence-corrected chi connectivity index (χ1v) is 26.6. The van der Waals surface area contributed by atoms with E-state index in [0.29, 0.717) is 57.8 Å². The number of esters is 1.